The van der Waals surface area contributed by atoms with Crippen molar-refractivity contribution >= 4 is 18.3 Å². The van der Waals surface area contributed by atoms with Gasteiger partial charge >= 0.3 is 0 Å². The third kappa shape index (κ3) is 2.79. The average Bonchev–Trinajstić information content (AvgIpc) is 2.62. The molecule has 0 saturated carbocycles. The highest BCUT2D eigenvalue weighted by atomic mass is 35.5. The summed E-state index contributed by atoms with van der Waals surface area (Å²) in [5, 5.41) is 7.21. The van der Waals surface area contributed by atoms with Gasteiger partial charge in [-0.25, -0.2) is 0 Å². The van der Waals surface area contributed by atoms with E-state index in [2.05, 4.69) is 10.4 Å². The summed E-state index contributed by atoms with van der Waals surface area (Å²) in [6.45, 7) is 1.70. The fourth-order valence-corrected chi connectivity index (χ4v) is 2.16. The van der Waals surface area contributed by atoms with Gasteiger partial charge in [0.1, 0.15) is 0 Å². The molecular weight excluding hydrogens is 240 g/mol. The van der Waals surface area contributed by atoms with Gasteiger partial charge < -0.3 is 11.1 Å². The van der Waals surface area contributed by atoms with Crippen LogP contribution in [0.1, 0.15) is 37.1 Å². The Balaban J connectivity index is 0.00000144. The molecule has 2 atom stereocenters. The number of rotatable bonds is 2. The van der Waals surface area contributed by atoms with Crippen molar-refractivity contribution < 1.29 is 4.79 Å². The molecule has 0 radical (unpaired) electrons. The predicted molar refractivity (Wildman–Crippen MR) is 67.9 cm³/mol. The minimum absolute atomic E-state index is 0. The van der Waals surface area contributed by atoms with Gasteiger partial charge in [0.15, 0.2) is 0 Å². The minimum atomic E-state index is -0.456. The lowest BCUT2D eigenvalue weighted by molar-refractivity contribution is -0.122. The van der Waals surface area contributed by atoms with Crippen LogP contribution >= 0.6 is 12.4 Å². The maximum atomic E-state index is 11.6. The quantitative estimate of drug-likeness (QED) is 0.820. The summed E-state index contributed by atoms with van der Waals surface area (Å²) in [6, 6.07) is -0.377. The molecular formula is C11H19ClN4O. The van der Waals surface area contributed by atoms with E-state index < -0.39 is 6.04 Å². The fourth-order valence-electron chi connectivity index (χ4n) is 2.16. The van der Waals surface area contributed by atoms with E-state index in [9.17, 15) is 4.79 Å². The highest BCUT2D eigenvalue weighted by molar-refractivity contribution is 5.85. The first-order valence-corrected chi connectivity index (χ1v) is 5.66. The van der Waals surface area contributed by atoms with Gasteiger partial charge in [-0.3, -0.25) is 9.48 Å². The molecule has 3 N–H and O–H groups in total. The molecule has 6 heteroatoms. The number of hydrogen-bond acceptors (Lipinski definition) is 3. The Hall–Kier alpha value is -1.07. The number of nitrogens with two attached hydrogens (primary N) is 1. The fraction of sp³-hybridized carbons (Fsp3) is 0.636. The van der Waals surface area contributed by atoms with Crippen LogP contribution in [0.15, 0.2) is 6.20 Å². The van der Waals surface area contributed by atoms with Gasteiger partial charge in [-0.05, 0) is 26.2 Å². The van der Waals surface area contributed by atoms with Crippen LogP contribution in [0.25, 0.3) is 0 Å². The van der Waals surface area contributed by atoms with E-state index in [-0.39, 0.29) is 24.4 Å². The van der Waals surface area contributed by atoms with Gasteiger partial charge in [-0.15, -0.1) is 12.4 Å². The van der Waals surface area contributed by atoms with Crippen molar-refractivity contribution in [3.63, 3.8) is 0 Å². The molecule has 0 saturated heterocycles. The molecule has 2 unspecified atom stereocenters. The van der Waals surface area contributed by atoms with Crippen molar-refractivity contribution in [2.75, 3.05) is 0 Å². The molecule has 1 aromatic rings. The van der Waals surface area contributed by atoms with Crippen LogP contribution in [0.2, 0.25) is 0 Å². The molecule has 0 bridgehead atoms. The maximum absolute atomic E-state index is 11.6. The molecule has 0 spiro atoms. The molecule has 96 valence electrons. The number of carbonyl (C=O) groups excluding carboxylic acids is 1. The first kappa shape index (κ1) is 14.0. The molecule has 0 aliphatic heterocycles. The van der Waals surface area contributed by atoms with Gasteiger partial charge in [0.05, 0.1) is 18.3 Å². The maximum Gasteiger partial charge on any atom is 0.237 e. The zero-order valence-electron chi connectivity index (χ0n) is 10.1. The molecule has 5 nitrogen and oxygen atoms in total. The van der Waals surface area contributed by atoms with Crippen molar-refractivity contribution in [3.8, 4) is 0 Å². The number of hydrogen-bond donors (Lipinski definition) is 2. The van der Waals surface area contributed by atoms with E-state index in [4.69, 9.17) is 5.73 Å². The summed E-state index contributed by atoms with van der Waals surface area (Å²) in [6.07, 6.45) is 4.94. The van der Waals surface area contributed by atoms with Crippen LogP contribution in [0.5, 0.6) is 0 Å². The molecule has 2 rings (SSSR count). The zero-order valence-corrected chi connectivity index (χ0v) is 11.0. The standard InChI is InChI=1S/C11H18N4O.ClH/c1-7(12)11(16)14-9-4-3-5-10-8(9)6-13-15(10)2;/h6-7,9H,3-5,12H2,1-2H3,(H,14,16);1H. The van der Waals surface area contributed by atoms with Gasteiger partial charge in [0.25, 0.3) is 0 Å². The summed E-state index contributed by atoms with van der Waals surface area (Å²) in [5.74, 6) is -0.0956. The monoisotopic (exact) mass is 258 g/mol. The topological polar surface area (TPSA) is 72.9 Å². The van der Waals surface area contributed by atoms with Gasteiger partial charge in [0.2, 0.25) is 5.91 Å². The van der Waals surface area contributed by atoms with Crippen molar-refractivity contribution in [1.82, 2.24) is 15.1 Å². The third-order valence-electron chi connectivity index (χ3n) is 3.11. The second-order valence-electron chi connectivity index (χ2n) is 4.41. The van der Waals surface area contributed by atoms with Gasteiger partial charge in [0, 0.05) is 18.3 Å². The number of nitrogens with one attached hydrogen (secondary N) is 1. The number of nitrogens with zero attached hydrogens (tertiary/aromatic N) is 2. The molecule has 0 fully saturated rings. The Morgan fingerprint density at radius 2 is 2.41 bits per heavy atom. The van der Waals surface area contributed by atoms with Crippen LogP contribution in [0.3, 0.4) is 0 Å². The summed E-state index contributed by atoms with van der Waals surface area (Å²) < 4.78 is 1.89. The largest absolute Gasteiger partial charge is 0.348 e. The Kier molecular flexibility index (Phi) is 4.54. The van der Waals surface area contributed by atoms with E-state index in [0.717, 1.165) is 24.8 Å². The summed E-state index contributed by atoms with van der Waals surface area (Å²) >= 11 is 0. The summed E-state index contributed by atoms with van der Waals surface area (Å²) in [4.78, 5) is 11.6. The second-order valence-corrected chi connectivity index (χ2v) is 4.41. The Morgan fingerprint density at radius 3 is 3.06 bits per heavy atom. The minimum Gasteiger partial charge on any atom is -0.348 e. The Labute approximate surface area is 107 Å². The van der Waals surface area contributed by atoms with E-state index in [0.29, 0.717) is 0 Å². The molecule has 1 aliphatic rings. The van der Waals surface area contributed by atoms with Crippen molar-refractivity contribution in [1.29, 1.82) is 0 Å². The number of aromatic nitrogens is 2. The molecule has 0 aromatic carbocycles. The summed E-state index contributed by atoms with van der Waals surface area (Å²) in [7, 11) is 1.94. The van der Waals surface area contributed by atoms with E-state index in [1.165, 1.54) is 5.69 Å². The lowest BCUT2D eigenvalue weighted by atomic mass is 9.93. The van der Waals surface area contributed by atoms with Crippen molar-refractivity contribution in [2.24, 2.45) is 12.8 Å². The van der Waals surface area contributed by atoms with Crippen LogP contribution in [-0.4, -0.2) is 21.7 Å². The lowest BCUT2D eigenvalue weighted by Crippen LogP contribution is -2.41. The highest BCUT2D eigenvalue weighted by Crippen LogP contribution is 2.28. The van der Waals surface area contributed by atoms with E-state index in [1.54, 1.807) is 6.92 Å². The average molecular weight is 259 g/mol. The second kappa shape index (κ2) is 5.51. The van der Waals surface area contributed by atoms with Crippen molar-refractivity contribution in [2.45, 2.75) is 38.3 Å². The Morgan fingerprint density at radius 1 is 1.71 bits per heavy atom. The first-order valence-electron chi connectivity index (χ1n) is 5.66. The third-order valence-corrected chi connectivity index (χ3v) is 3.11. The van der Waals surface area contributed by atoms with Crippen LogP contribution in [0.4, 0.5) is 0 Å². The zero-order chi connectivity index (χ0) is 11.7. The Bertz CT molecular complexity index is 402. The van der Waals surface area contributed by atoms with Crippen LogP contribution < -0.4 is 11.1 Å². The molecule has 1 heterocycles. The number of amides is 1. The van der Waals surface area contributed by atoms with Gasteiger partial charge in [-0.1, -0.05) is 0 Å². The lowest BCUT2D eigenvalue weighted by Gasteiger charge is -2.24. The van der Waals surface area contributed by atoms with Gasteiger partial charge in [-0.2, -0.15) is 5.10 Å². The predicted octanol–water partition coefficient (Wildman–Crippen LogP) is 0.683. The van der Waals surface area contributed by atoms with Crippen molar-refractivity contribution in [3.05, 3.63) is 17.5 Å². The SMILES string of the molecule is CC(N)C(=O)NC1CCCc2c1cnn2C.Cl. The van der Waals surface area contributed by atoms with Crippen LogP contribution in [-0.2, 0) is 18.3 Å². The number of halogens is 1. The smallest absolute Gasteiger partial charge is 0.237 e. The number of fused-ring (bicyclic) bond motifs is 1. The van der Waals surface area contributed by atoms with E-state index in [1.807, 2.05) is 17.9 Å². The normalized spacial score (nSPS) is 20.1. The number of aryl methyl sites for hydroxylation is 1. The molecule has 17 heavy (non-hydrogen) atoms. The van der Waals surface area contributed by atoms with Crippen LogP contribution in [0, 0.1) is 0 Å². The summed E-state index contributed by atoms with van der Waals surface area (Å²) in [5.41, 5.74) is 7.91. The first-order chi connectivity index (χ1) is 7.59. The molecule has 1 aromatic heterocycles. The number of carbonyl (C=O) groups is 1. The highest BCUT2D eigenvalue weighted by Gasteiger charge is 2.25. The molecule has 1 aliphatic carbocycles. The van der Waals surface area contributed by atoms with E-state index >= 15 is 0 Å². The molecule has 1 amide bonds.